The van der Waals surface area contributed by atoms with Gasteiger partial charge in [0.15, 0.2) is 6.61 Å². The molecule has 31 heavy (non-hydrogen) atoms. The Balaban J connectivity index is 1.58. The van der Waals surface area contributed by atoms with Crippen LogP contribution in [0.5, 0.6) is 5.75 Å². The van der Waals surface area contributed by atoms with Crippen LogP contribution < -0.4 is 9.64 Å². The molecule has 0 radical (unpaired) electrons. The number of carbonyl (C=O) groups excluding carboxylic acids is 2. The fourth-order valence-corrected chi connectivity index (χ4v) is 4.15. The van der Waals surface area contributed by atoms with Crippen molar-refractivity contribution in [2.24, 2.45) is 0 Å². The number of aromatic nitrogens is 1. The normalized spacial score (nSPS) is 14.0. The number of carbonyl (C=O) groups is 2. The molecule has 1 atom stereocenters. The first-order valence-electron chi connectivity index (χ1n) is 9.82. The molecule has 1 aliphatic heterocycles. The van der Waals surface area contributed by atoms with Crippen molar-refractivity contribution in [3.05, 3.63) is 53.9 Å². The van der Waals surface area contributed by atoms with Gasteiger partial charge in [0.1, 0.15) is 23.4 Å². The van der Waals surface area contributed by atoms with Gasteiger partial charge in [-0.25, -0.2) is 4.98 Å². The van der Waals surface area contributed by atoms with E-state index in [2.05, 4.69) is 0 Å². The van der Waals surface area contributed by atoms with Crippen molar-refractivity contribution >= 4 is 28.9 Å². The molecule has 0 spiro atoms. The second-order valence-electron chi connectivity index (χ2n) is 7.11. The van der Waals surface area contributed by atoms with Gasteiger partial charge in [0, 0.05) is 23.6 Å². The van der Waals surface area contributed by atoms with E-state index >= 15 is 0 Å². The Morgan fingerprint density at radius 3 is 2.81 bits per heavy atom. The van der Waals surface area contributed by atoms with Crippen LogP contribution in [0.1, 0.15) is 6.92 Å². The zero-order chi connectivity index (χ0) is 21.8. The fraction of sp³-hybridized carbons (Fsp3) is 0.261. The first-order chi connectivity index (χ1) is 15.0. The molecular weight excluding hydrogens is 416 g/mol. The standard InChI is InChI=1S/C23H22N2O5S/c1-15(12-28-2)30-22(27)11-25-19-10-17(8-9-20(19)29-13-21(25)26)18-14-31-23(24-18)16-6-4-3-5-7-16/h3-10,14-15H,11-13H2,1-2H3. The summed E-state index contributed by atoms with van der Waals surface area (Å²) in [5, 5.41) is 2.88. The largest absolute Gasteiger partial charge is 0.482 e. The maximum absolute atomic E-state index is 12.5. The number of methoxy groups -OCH3 is 1. The molecule has 0 saturated carbocycles. The molecule has 0 aliphatic carbocycles. The molecule has 2 heterocycles. The van der Waals surface area contributed by atoms with Crippen molar-refractivity contribution in [3.63, 3.8) is 0 Å². The molecule has 1 aromatic heterocycles. The van der Waals surface area contributed by atoms with Crippen LogP contribution in [-0.4, -0.2) is 49.8 Å². The highest BCUT2D eigenvalue weighted by Gasteiger charge is 2.29. The number of rotatable bonds is 7. The minimum atomic E-state index is -0.504. The lowest BCUT2D eigenvalue weighted by Gasteiger charge is -2.29. The molecule has 0 N–H and O–H groups in total. The minimum absolute atomic E-state index is 0.123. The molecule has 7 nitrogen and oxygen atoms in total. The van der Waals surface area contributed by atoms with Gasteiger partial charge in [0.05, 0.1) is 18.0 Å². The highest BCUT2D eigenvalue weighted by molar-refractivity contribution is 7.13. The second kappa shape index (κ2) is 9.28. The van der Waals surface area contributed by atoms with Crippen molar-refractivity contribution in [3.8, 4) is 27.6 Å². The van der Waals surface area contributed by atoms with E-state index in [-0.39, 0.29) is 25.7 Å². The summed E-state index contributed by atoms with van der Waals surface area (Å²) in [6.45, 7) is 1.71. The predicted molar refractivity (Wildman–Crippen MR) is 118 cm³/mol. The number of hydrogen-bond acceptors (Lipinski definition) is 7. The number of thiazole rings is 1. The monoisotopic (exact) mass is 438 g/mol. The van der Waals surface area contributed by atoms with E-state index in [1.54, 1.807) is 24.3 Å². The van der Waals surface area contributed by atoms with Crippen LogP contribution in [0, 0.1) is 0 Å². The van der Waals surface area contributed by atoms with Crippen LogP contribution in [0.25, 0.3) is 21.8 Å². The average Bonchev–Trinajstić information content (AvgIpc) is 3.26. The fourth-order valence-electron chi connectivity index (χ4n) is 3.31. The third-order valence-corrected chi connectivity index (χ3v) is 5.64. The van der Waals surface area contributed by atoms with E-state index in [0.29, 0.717) is 11.4 Å². The molecule has 3 aromatic rings. The first kappa shape index (κ1) is 21.0. The van der Waals surface area contributed by atoms with Gasteiger partial charge < -0.3 is 14.2 Å². The number of fused-ring (bicyclic) bond motifs is 1. The van der Waals surface area contributed by atoms with E-state index in [4.69, 9.17) is 19.2 Å². The van der Waals surface area contributed by atoms with Crippen LogP contribution in [0.2, 0.25) is 0 Å². The summed E-state index contributed by atoms with van der Waals surface area (Å²) in [7, 11) is 1.54. The Hall–Kier alpha value is -3.23. The van der Waals surface area contributed by atoms with E-state index in [9.17, 15) is 9.59 Å². The van der Waals surface area contributed by atoms with E-state index in [1.807, 2.05) is 47.8 Å². The maximum atomic E-state index is 12.5. The van der Waals surface area contributed by atoms with Gasteiger partial charge in [-0.15, -0.1) is 11.3 Å². The number of esters is 1. The van der Waals surface area contributed by atoms with Crippen LogP contribution in [-0.2, 0) is 19.1 Å². The molecule has 1 unspecified atom stereocenters. The third-order valence-electron chi connectivity index (χ3n) is 4.74. The smallest absolute Gasteiger partial charge is 0.326 e. The van der Waals surface area contributed by atoms with Crippen molar-refractivity contribution in [2.75, 3.05) is 31.8 Å². The van der Waals surface area contributed by atoms with Crippen molar-refractivity contribution < 1.29 is 23.8 Å². The maximum Gasteiger partial charge on any atom is 0.326 e. The molecule has 0 bridgehead atoms. The second-order valence-corrected chi connectivity index (χ2v) is 7.97. The lowest BCUT2D eigenvalue weighted by molar-refractivity contribution is -0.149. The zero-order valence-electron chi connectivity index (χ0n) is 17.2. The number of anilines is 1. The summed E-state index contributed by atoms with van der Waals surface area (Å²) in [4.78, 5) is 31.0. The molecule has 1 aliphatic rings. The first-order valence-corrected chi connectivity index (χ1v) is 10.7. The van der Waals surface area contributed by atoms with Crippen molar-refractivity contribution in [2.45, 2.75) is 13.0 Å². The van der Waals surface area contributed by atoms with Gasteiger partial charge >= 0.3 is 5.97 Å². The van der Waals surface area contributed by atoms with Gasteiger partial charge in [-0.05, 0) is 25.1 Å². The average molecular weight is 439 g/mol. The molecule has 1 amide bonds. The summed E-state index contributed by atoms with van der Waals surface area (Å²) < 4.78 is 15.9. The van der Waals surface area contributed by atoms with E-state index in [0.717, 1.165) is 21.8 Å². The van der Waals surface area contributed by atoms with Gasteiger partial charge in [-0.1, -0.05) is 30.3 Å². The third kappa shape index (κ3) is 4.76. The Morgan fingerprint density at radius 1 is 1.23 bits per heavy atom. The minimum Gasteiger partial charge on any atom is -0.482 e. The Labute approximate surface area is 184 Å². The Morgan fingerprint density at radius 2 is 2.03 bits per heavy atom. The van der Waals surface area contributed by atoms with Crippen LogP contribution >= 0.6 is 11.3 Å². The van der Waals surface area contributed by atoms with Gasteiger partial charge in [-0.2, -0.15) is 0 Å². The van der Waals surface area contributed by atoms with Crippen molar-refractivity contribution in [1.82, 2.24) is 4.98 Å². The number of amides is 1. The summed E-state index contributed by atoms with van der Waals surface area (Å²) in [5.41, 5.74) is 3.20. The Bertz CT molecular complexity index is 1080. The lowest BCUT2D eigenvalue weighted by atomic mass is 10.1. The summed E-state index contributed by atoms with van der Waals surface area (Å²) in [6.07, 6.45) is -0.397. The van der Waals surface area contributed by atoms with Crippen molar-refractivity contribution in [1.29, 1.82) is 0 Å². The van der Waals surface area contributed by atoms with Crippen LogP contribution in [0.3, 0.4) is 0 Å². The quantitative estimate of drug-likeness (QED) is 0.523. The molecule has 4 rings (SSSR count). The molecule has 160 valence electrons. The highest BCUT2D eigenvalue weighted by Crippen LogP contribution is 2.37. The molecule has 0 saturated heterocycles. The molecular formula is C23H22N2O5S. The molecule has 0 fully saturated rings. The van der Waals surface area contributed by atoms with E-state index in [1.165, 1.54) is 12.0 Å². The lowest BCUT2D eigenvalue weighted by Crippen LogP contribution is -2.43. The topological polar surface area (TPSA) is 78.0 Å². The summed E-state index contributed by atoms with van der Waals surface area (Å²) in [6, 6.07) is 15.5. The molecule has 8 heteroatoms. The number of nitrogens with zero attached hydrogens (tertiary/aromatic N) is 2. The summed E-state index contributed by atoms with van der Waals surface area (Å²) >= 11 is 1.55. The van der Waals surface area contributed by atoms with E-state index < -0.39 is 12.1 Å². The summed E-state index contributed by atoms with van der Waals surface area (Å²) in [5.74, 6) is -0.264. The van der Waals surface area contributed by atoms with Gasteiger partial charge in [0.2, 0.25) is 0 Å². The number of benzene rings is 2. The zero-order valence-corrected chi connectivity index (χ0v) is 18.1. The van der Waals surface area contributed by atoms with Crippen LogP contribution in [0.4, 0.5) is 5.69 Å². The predicted octanol–water partition coefficient (Wildman–Crippen LogP) is 3.78. The van der Waals surface area contributed by atoms with Crippen LogP contribution in [0.15, 0.2) is 53.9 Å². The van der Waals surface area contributed by atoms with Gasteiger partial charge in [0.25, 0.3) is 5.91 Å². The number of ether oxygens (including phenoxy) is 3. The SMILES string of the molecule is COCC(C)OC(=O)CN1C(=O)COc2ccc(-c3csc(-c4ccccc4)n3)cc21. The van der Waals surface area contributed by atoms with Gasteiger partial charge in [-0.3, -0.25) is 14.5 Å². The molecule has 2 aromatic carbocycles. The number of hydrogen-bond donors (Lipinski definition) is 0. The highest BCUT2D eigenvalue weighted by atomic mass is 32.1. The Kier molecular flexibility index (Phi) is 6.29.